The van der Waals surface area contributed by atoms with Crippen LogP contribution in [0.4, 0.5) is 10.5 Å². The Bertz CT molecular complexity index is 2470. The second-order valence-corrected chi connectivity index (χ2v) is 21.0. The van der Waals surface area contributed by atoms with Gasteiger partial charge in [-0.15, -0.1) is 17.9 Å². The van der Waals surface area contributed by atoms with Gasteiger partial charge in [-0.2, -0.15) is 0 Å². The van der Waals surface area contributed by atoms with Crippen molar-refractivity contribution in [3.05, 3.63) is 87.5 Å². The first-order valence-electron chi connectivity index (χ1n) is 24.7. The Labute approximate surface area is 418 Å². The first kappa shape index (κ1) is 54.5. The van der Waals surface area contributed by atoms with E-state index in [4.69, 9.17) is 23.7 Å². The zero-order valence-electron chi connectivity index (χ0n) is 41.4. The molecule has 6 rings (SSSR count). The number of aliphatic hydroxyl groups excluding tert-OH is 1. The maximum atomic E-state index is 14.6. The van der Waals surface area contributed by atoms with Crippen LogP contribution in [0.1, 0.15) is 146 Å². The molecule has 0 bridgehead atoms. The summed E-state index contributed by atoms with van der Waals surface area (Å²) in [7, 11) is 0. The van der Waals surface area contributed by atoms with Crippen molar-refractivity contribution >= 4 is 62.9 Å². The van der Waals surface area contributed by atoms with Gasteiger partial charge in [0.25, 0.3) is 11.8 Å². The number of ether oxygens (including phenoxy) is 5. The van der Waals surface area contributed by atoms with Crippen LogP contribution in [0.15, 0.2) is 61.2 Å². The number of hydrogen-bond acceptors (Lipinski definition) is 16. The van der Waals surface area contributed by atoms with Gasteiger partial charge in [-0.05, 0) is 95.0 Å². The van der Waals surface area contributed by atoms with Crippen LogP contribution in [0, 0.1) is 34.3 Å². The second kappa shape index (κ2) is 24.5. The number of amides is 2. The Hall–Kier alpha value is -5.85. The summed E-state index contributed by atoms with van der Waals surface area (Å²) in [6.07, 6.45) is 8.02. The molecule has 0 spiro atoms. The van der Waals surface area contributed by atoms with Gasteiger partial charge in [0.05, 0.1) is 49.8 Å². The minimum absolute atomic E-state index is 0.0523. The van der Waals surface area contributed by atoms with E-state index in [1.54, 1.807) is 17.4 Å². The monoisotopic (exact) mass is 1000 g/mol. The lowest BCUT2D eigenvalue weighted by Crippen LogP contribution is -2.48. The Morgan fingerprint density at radius 3 is 2.38 bits per heavy atom. The van der Waals surface area contributed by atoms with E-state index in [1.165, 1.54) is 43.0 Å². The topological polar surface area (TPSA) is 231 Å². The zero-order chi connectivity index (χ0) is 51.5. The summed E-state index contributed by atoms with van der Waals surface area (Å²) in [6, 6.07) is 9.48. The van der Waals surface area contributed by atoms with Gasteiger partial charge in [-0.3, -0.25) is 39.0 Å². The summed E-state index contributed by atoms with van der Waals surface area (Å²) in [5.74, 6) is -3.90. The number of nitro benzene ring substituents is 1. The van der Waals surface area contributed by atoms with E-state index in [0.717, 1.165) is 66.2 Å². The normalized spacial score (nSPS) is 24.8. The third-order valence-electron chi connectivity index (χ3n) is 14.0. The SMILES string of the molecule is C=CC[C@H]1C(=O)C(C)(C)[C@@H](OC(=O)OCc2ccc(OC(=O)CCCCCCCCCCN3C(=O)C=CC3=O)c([N+](=O)[O-])c2)CC(=O)O[C@H](c2ccc3sc(C)nc3c2)C[C@@H]2O[C@]2(C)CCC[C@H](C)[C@@H]1O. The van der Waals surface area contributed by atoms with E-state index in [1.807, 2.05) is 39.0 Å². The quantitative estimate of drug-likeness (QED) is 0.0172. The first-order chi connectivity index (χ1) is 33.8. The van der Waals surface area contributed by atoms with Crippen molar-refractivity contribution in [2.45, 2.75) is 168 Å². The number of nitrogens with zero attached hydrogens (tertiary/aromatic N) is 3. The summed E-state index contributed by atoms with van der Waals surface area (Å²) >= 11 is 1.55. The van der Waals surface area contributed by atoms with Crippen molar-refractivity contribution in [1.29, 1.82) is 0 Å². The van der Waals surface area contributed by atoms with Gasteiger partial charge in [-0.1, -0.05) is 70.1 Å². The van der Waals surface area contributed by atoms with Crippen molar-refractivity contribution < 1.29 is 62.5 Å². The highest BCUT2D eigenvalue weighted by Crippen LogP contribution is 2.47. The predicted molar refractivity (Wildman–Crippen MR) is 263 cm³/mol. The van der Waals surface area contributed by atoms with E-state index in [2.05, 4.69) is 11.6 Å². The van der Waals surface area contributed by atoms with Crippen LogP contribution >= 0.6 is 11.3 Å². The predicted octanol–water partition coefficient (Wildman–Crippen LogP) is 10.1. The molecule has 2 fully saturated rings. The van der Waals surface area contributed by atoms with Gasteiger partial charge in [0.15, 0.2) is 0 Å². The molecule has 0 aliphatic carbocycles. The summed E-state index contributed by atoms with van der Waals surface area (Å²) in [4.78, 5) is 95.5. The lowest BCUT2D eigenvalue weighted by molar-refractivity contribution is -0.385. The van der Waals surface area contributed by atoms with Crippen LogP contribution in [-0.2, 0) is 49.5 Å². The number of cyclic esters (lactones) is 1. The minimum Gasteiger partial charge on any atom is -0.457 e. The van der Waals surface area contributed by atoms with Crippen molar-refractivity contribution in [3.8, 4) is 5.75 Å². The van der Waals surface area contributed by atoms with E-state index in [0.29, 0.717) is 44.2 Å². The molecule has 384 valence electrons. The highest BCUT2D eigenvalue weighted by atomic mass is 32.1. The Morgan fingerprint density at radius 2 is 1.69 bits per heavy atom. The molecule has 17 nitrogen and oxygen atoms in total. The average Bonchev–Trinajstić information content (AvgIpc) is 3.60. The summed E-state index contributed by atoms with van der Waals surface area (Å²) in [6.45, 7) is 12.6. The maximum absolute atomic E-state index is 14.6. The number of aryl methyl sites for hydroxylation is 1. The van der Waals surface area contributed by atoms with E-state index in [-0.39, 0.29) is 48.0 Å². The van der Waals surface area contributed by atoms with Crippen molar-refractivity contribution in [2.75, 3.05) is 6.54 Å². The van der Waals surface area contributed by atoms with E-state index >= 15 is 0 Å². The molecule has 0 saturated carbocycles. The lowest BCUT2D eigenvalue weighted by Gasteiger charge is -2.37. The summed E-state index contributed by atoms with van der Waals surface area (Å²) in [5.41, 5.74) is -0.928. The molecule has 2 aromatic carbocycles. The number of nitro groups is 1. The molecule has 0 unspecified atom stereocenters. The van der Waals surface area contributed by atoms with E-state index in [9.17, 15) is 44.0 Å². The number of allylic oxidation sites excluding steroid dienone is 1. The molecule has 3 aliphatic rings. The number of aromatic nitrogens is 1. The highest BCUT2D eigenvalue weighted by Gasteiger charge is 2.53. The molecule has 1 N–H and O–H groups in total. The number of imide groups is 1. The number of carbonyl (C=O) groups is 6. The third-order valence-corrected chi connectivity index (χ3v) is 14.9. The van der Waals surface area contributed by atoms with Gasteiger partial charge in [0, 0.05) is 43.5 Å². The Balaban J connectivity index is 1.07. The molecule has 3 aromatic rings. The fourth-order valence-electron chi connectivity index (χ4n) is 9.48. The average molecular weight is 1000 g/mol. The molecule has 18 heteroatoms. The van der Waals surface area contributed by atoms with Gasteiger partial charge in [0.1, 0.15) is 24.6 Å². The summed E-state index contributed by atoms with van der Waals surface area (Å²) < 4.78 is 30.0. The number of thiazole rings is 1. The number of Topliss-reactive ketones (excluding diaryl/α,β-unsaturated/α-hetero) is 1. The van der Waals surface area contributed by atoms with Crippen LogP contribution in [0.5, 0.6) is 5.75 Å². The number of aliphatic hydroxyl groups is 1. The molecule has 0 radical (unpaired) electrons. The number of benzene rings is 2. The van der Waals surface area contributed by atoms with Crippen LogP contribution < -0.4 is 4.74 Å². The number of unbranched alkanes of at least 4 members (excludes halogenated alkanes) is 7. The lowest BCUT2D eigenvalue weighted by atomic mass is 9.71. The van der Waals surface area contributed by atoms with Crippen LogP contribution in [-0.4, -0.2) is 86.1 Å². The second-order valence-electron chi connectivity index (χ2n) is 19.8. The number of rotatable bonds is 19. The Morgan fingerprint density at radius 1 is 1.00 bits per heavy atom. The smallest absolute Gasteiger partial charge is 0.457 e. The van der Waals surface area contributed by atoms with E-state index < -0.39 is 82.8 Å². The van der Waals surface area contributed by atoms with Crippen LogP contribution in [0.2, 0.25) is 0 Å². The van der Waals surface area contributed by atoms with Gasteiger partial charge in [0.2, 0.25) is 5.75 Å². The highest BCUT2D eigenvalue weighted by molar-refractivity contribution is 7.18. The van der Waals surface area contributed by atoms with Gasteiger partial charge < -0.3 is 28.8 Å². The standard InChI is InChI=1S/C53H67N3O14S/c1-7-17-37-49(61)33(2)18-16-26-53(6)44(70-53)30-41(36-21-23-42-38(29-36)54-34(3)71-42)68-48(60)31-43(52(4,5)50(37)62)69-51(63)66-32-35-20-22-40(39(28-35)56(64)65)67-47(59)19-14-12-10-8-9-11-13-15-27-55-45(57)24-25-46(55)58/h7,20-25,28-29,33,37,41,43-44,49,61H,1,8-19,26-27,30-32H2,2-6H3/t33-,37+,41-,43-,44-,49-,53+/m0/s1. The van der Waals surface area contributed by atoms with Crippen molar-refractivity contribution in [1.82, 2.24) is 9.88 Å². The number of esters is 2. The number of ketones is 1. The minimum atomic E-state index is -1.57. The van der Waals surface area contributed by atoms with Crippen LogP contribution in [0.25, 0.3) is 10.2 Å². The molecule has 4 heterocycles. The van der Waals surface area contributed by atoms with Crippen molar-refractivity contribution in [2.24, 2.45) is 17.3 Å². The fraction of sp³-hybridized carbons (Fsp3) is 0.566. The van der Waals surface area contributed by atoms with Crippen molar-refractivity contribution in [3.63, 3.8) is 0 Å². The number of epoxide rings is 1. The first-order valence-corrected chi connectivity index (χ1v) is 25.5. The maximum Gasteiger partial charge on any atom is 0.508 e. The fourth-order valence-corrected chi connectivity index (χ4v) is 10.3. The molecule has 1 aromatic heterocycles. The molecule has 2 amide bonds. The number of hydrogen-bond donors (Lipinski definition) is 1. The zero-order valence-corrected chi connectivity index (χ0v) is 42.2. The molecule has 2 saturated heterocycles. The third kappa shape index (κ3) is 14.6. The molecule has 3 aliphatic heterocycles. The molecular formula is C53H67N3O14S. The largest absolute Gasteiger partial charge is 0.508 e. The Kier molecular flexibility index (Phi) is 18.8. The number of carbonyl (C=O) groups excluding carboxylic acids is 6. The molecule has 7 atom stereocenters. The molecular weight excluding hydrogens is 935 g/mol. The van der Waals surface area contributed by atoms with Gasteiger partial charge >= 0.3 is 23.8 Å². The number of fused-ring (bicyclic) bond motifs is 2. The summed E-state index contributed by atoms with van der Waals surface area (Å²) in [5, 5.41) is 24.6. The van der Waals surface area contributed by atoms with Crippen LogP contribution in [0.3, 0.4) is 0 Å². The van der Waals surface area contributed by atoms with Gasteiger partial charge in [-0.25, -0.2) is 9.78 Å². The molecule has 71 heavy (non-hydrogen) atoms.